The van der Waals surface area contributed by atoms with Crippen molar-refractivity contribution in [1.29, 1.82) is 0 Å². The minimum atomic E-state index is -0.134. The maximum atomic E-state index is 12.4. The molecule has 0 bridgehead atoms. The maximum Gasteiger partial charge on any atom is 0.251 e. The second-order valence-corrected chi connectivity index (χ2v) is 6.27. The van der Waals surface area contributed by atoms with Crippen LogP contribution in [0.1, 0.15) is 27.6 Å². The van der Waals surface area contributed by atoms with Gasteiger partial charge in [-0.3, -0.25) is 4.79 Å². The van der Waals surface area contributed by atoms with Crippen LogP contribution in [-0.2, 0) is 6.54 Å². The quantitative estimate of drug-likeness (QED) is 0.596. The van der Waals surface area contributed by atoms with Crippen molar-refractivity contribution in [1.82, 2.24) is 25.1 Å². The fourth-order valence-corrected chi connectivity index (χ4v) is 3.00. The number of H-pyrrole nitrogens is 1. The number of carbonyl (C=O) groups is 1. The Morgan fingerprint density at radius 3 is 2.58 bits per heavy atom. The van der Waals surface area contributed by atoms with E-state index in [0.717, 1.165) is 33.9 Å². The van der Waals surface area contributed by atoms with Crippen LogP contribution in [0, 0.1) is 13.8 Å². The van der Waals surface area contributed by atoms with Gasteiger partial charge >= 0.3 is 0 Å². The summed E-state index contributed by atoms with van der Waals surface area (Å²) in [5.74, 6) is 0.601. The van der Waals surface area contributed by atoms with E-state index in [4.69, 9.17) is 0 Å². The monoisotopic (exact) mass is 345 g/mol. The van der Waals surface area contributed by atoms with Crippen LogP contribution < -0.4 is 5.32 Å². The van der Waals surface area contributed by atoms with Crippen molar-refractivity contribution < 1.29 is 4.79 Å². The zero-order valence-electron chi connectivity index (χ0n) is 14.7. The molecule has 2 aromatic carbocycles. The third-order valence-corrected chi connectivity index (χ3v) is 4.24. The third-order valence-electron chi connectivity index (χ3n) is 4.24. The van der Waals surface area contributed by atoms with Gasteiger partial charge in [0.05, 0.1) is 29.0 Å². The summed E-state index contributed by atoms with van der Waals surface area (Å²) in [6, 6.07) is 17.2. The van der Waals surface area contributed by atoms with Crippen molar-refractivity contribution in [2.45, 2.75) is 20.4 Å². The van der Waals surface area contributed by atoms with Gasteiger partial charge in [-0.15, -0.1) is 0 Å². The van der Waals surface area contributed by atoms with Gasteiger partial charge in [0.25, 0.3) is 5.91 Å². The van der Waals surface area contributed by atoms with Crippen LogP contribution in [0.2, 0.25) is 0 Å². The molecular formula is C20H19N5O. The zero-order chi connectivity index (χ0) is 18.1. The lowest BCUT2D eigenvalue weighted by atomic mass is 10.2. The molecule has 0 unspecified atom stereocenters. The van der Waals surface area contributed by atoms with E-state index in [1.165, 1.54) is 0 Å². The van der Waals surface area contributed by atoms with Crippen LogP contribution in [-0.4, -0.2) is 25.7 Å². The van der Waals surface area contributed by atoms with E-state index in [9.17, 15) is 4.79 Å². The van der Waals surface area contributed by atoms with E-state index in [0.29, 0.717) is 12.1 Å². The Bertz CT molecular complexity index is 1040. The summed E-state index contributed by atoms with van der Waals surface area (Å²) in [6.07, 6.45) is 0. The molecular weight excluding hydrogens is 326 g/mol. The van der Waals surface area contributed by atoms with E-state index in [1.807, 2.05) is 61.0 Å². The summed E-state index contributed by atoms with van der Waals surface area (Å²) in [7, 11) is 0. The first-order valence-electron chi connectivity index (χ1n) is 8.46. The molecule has 1 amide bonds. The smallest absolute Gasteiger partial charge is 0.251 e. The number of amides is 1. The molecule has 4 aromatic rings. The van der Waals surface area contributed by atoms with Gasteiger partial charge in [0.15, 0.2) is 0 Å². The molecule has 2 N–H and O–H groups in total. The molecule has 0 aliphatic heterocycles. The van der Waals surface area contributed by atoms with Crippen molar-refractivity contribution in [3.63, 3.8) is 0 Å². The van der Waals surface area contributed by atoms with Crippen molar-refractivity contribution in [2.75, 3.05) is 0 Å². The highest BCUT2D eigenvalue weighted by molar-refractivity contribution is 5.94. The highest BCUT2D eigenvalue weighted by atomic mass is 16.1. The number of aromatic amines is 1. The second-order valence-electron chi connectivity index (χ2n) is 6.27. The molecule has 0 radical (unpaired) electrons. The summed E-state index contributed by atoms with van der Waals surface area (Å²) in [4.78, 5) is 20.0. The SMILES string of the molecule is Cc1cc(C)n(-c2ccc(C(=O)NCc3nc4ccccc4[nH]3)cc2)n1. The zero-order valence-corrected chi connectivity index (χ0v) is 14.7. The number of hydrogen-bond acceptors (Lipinski definition) is 3. The van der Waals surface area contributed by atoms with E-state index < -0.39 is 0 Å². The highest BCUT2D eigenvalue weighted by Crippen LogP contribution is 2.14. The maximum absolute atomic E-state index is 12.4. The summed E-state index contributed by atoms with van der Waals surface area (Å²) in [5.41, 5.74) is 5.42. The number of benzene rings is 2. The van der Waals surface area contributed by atoms with Gasteiger partial charge in [-0.2, -0.15) is 5.10 Å². The average Bonchev–Trinajstić information content (AvgIpc) is 3.22. The molecule has 0 saturated carbocycles. The minimum Gasteiger partial charge on any atom is -0.345 e. The second kappa shape index (κ2) is 6.48. The summed E-state index contributed by atoms with van der Waals surface area (Å²) in [6.45, 7) is 4.32. The Hall–Kier alpha value is -3.41. The Balaban J connectivity index is 1.45. The fourth-order valence-electron chi connectivity index (χ4n) is 3.00. The largest absolute Gasteiger partial charge is 0.345 e. The summed E-state index contributed by atoms with van der Waals surface area (Å²) >= 11 is 0. The van der Waals surface area contributed by atoms with Crippen LogP contribution in [0.4, 0.5) is 0 Å². The van der Waals surface area contributed by atoms with Gasteiger partial charge in [0, 0.05) is 11.3 Å². The first-order valence-corrected chi connectivity index (χ1v) is 8.46. The topological polar surface area (TPSA) is 75.6 Å². The van der Waals surface area contributed by atoms with E-state index >= 15 is 0 Å². The van der Waals surface area contributed by atoms with E-state index in [2.05, 4.69) is 20.4 Å². The molecule has 0 saturated heterocycles. The summed E-state index contributed by atoms with van der Waals surface area (Å²) in [5, 5.41) is 7.35. The number of aromatic nitrogens is 4. The van der Waals surface area contributed by atoms with Gasteiger partial charge in [0.2, 0.25) is 0 Å². The third kappa shape index (κ3) is 3.09. The number of para-hydroxylation sites is 2. The lowest BCUT2D eigenvalue weighted by molar-refractivity contribution is 0.0950. The fraction of sp³-hybridized carbons (Fsp3) is 0.150. The average molecular weight is 345 g/mol. The Kier molecular flexibility index (Phi) is 4.01. The number of carbonyl (C=O) groups excluding carboxylic acids is 1. The number of nitrogens with one attached hydrogen (secondary N) is 2. The molecule has 6 nitrogen and oxygen atoms in total. The number of nitrogens with zero attached hydrogens (tertiary/aromatic N) is 3. The van der Waals surface area contributed by atoms with Crippen molar-refractivity contribution in [3.05, 3.63) is 77.4 Å². The van der Waals surface area contributed by atoms with Gasteiger partial charge in [-0.05, 0) is 56.3 Å². The lowest BCUT2D eigenvalue weighted by Gasteiger charge is -2.07. The molecule has 2 heterocycles. The minimum absolute atomic E-state index is 0.134. The molecule has 0 fully saturated rings. The van der Waals surface area contributed by atoms with Crippen molar-refractivity contribution in [2.24, 2.45) is 0 Å². The van der Waals surface area contributed by atoms with Crippen LogP contribution in [0.3, 0.4) is 0 Å². The predicted octanol–water partition coefficient (Wildman–Crippen LogP) is 3.30. The molecule has 0 spiro atoms. The lowest BCUT2D eigenvalue weighted by Crippen LogP contribution is -2.23. The highest BCUT2D eigenvalue weighted by Gasteiger charge is 2.09. The van der Waals surface area contributed by atoms with Crippen LogP contribution in [0.25, 0.3) is 16.7 Å². The molecule has 0 aliphatic carbocycles. The normalized spacial score (nSPS) is 11.0. The predicted molar refractivity (Wildman–Crippen MR) is 100 cm³/mol. The number of rotatable bonds is 4. The van der Waals surface area contributed by atoms with Gasteiger partial charge in [0.1, 0.15) is 5.82 Å². The van der Waals surface area contributed by atoms with E-state index in [1.54, 1.807) is 12.1 Å². The van der Waals surface area contributed by atoms with E-state index in [-0.39, 0.29) is 5.91 Å². The van der Waals surface area contributed by atoms with Crippen molar-refractivity contribution in [3.8, 4) is 5.69 Å². The van der Waals surface area contributed by atoms with Crippen LogP contribution >= 0.6 is 0 Å². The number of fused-ring (bicyclic) bond motifs is 1. The Labute approximate surface area is 150 Å². The first-order chi connectivity index (χ1) is 12.6. The summed E-state index contributed by atoms with van der Waals surface area (Å²) < 4.78 is 1.87. The molecule has 6 heteroatoms. The van der Waals surface area contributed by atoms with Crippen molar-refractivity contribution >= 4 is 16.9 Å². The number of aryl methyl sites for hydroxylation is 2. The van der Waals surface area contributed by atoms with Gasteiger partial charge in [-0.25, -0.2) is 9.67 Å². The number of imidazole rings is 1. The molecule has 4 rings (SSSR count). The molecule has 130 valence electrons. The number of hydrogen-bond donors (Lipinski definition) is 2. The molecule has 0 atom stereocenters. The van der Waals surface area contributed by atoms with Gasteiger partial charge < -0.3 is 10.3 Å². The van der Waals surface area contributed by atoms with Crippen LogP contribution in [0.5, 0.6) is 0 Å². The molecule has 0 aliphatic rings. The standard InChI is InChI=1S/C20H19N5O/c1-13-11-14(2)25(24-13)16-9-7-15(8-10-16)20(26)21-12-19-22-17-5-3-4-6-18(17)23-19/h3-11H,12H2,1-2H3,(H,21,26)(H,22,23). The van der Waals surface area contributed by atoms with Crippen LogP contribution in [0.15, 0.2) is 54.6 Å². The Morgan fingerprint density at radius 2 is 1.88 bits per heavy atom. The molecule has 26 heavy (non-hydrogen) atoms. The Morgan fingerprint density at radius 1 is 1.12 bits per heavy atom. The van der Waals surface area contributed by atoms with Gasteiger partial charge in [-0.1, -0.05) is 12.1 Å². The molecule has 2 aromatic heterocycles. The first kappa shape index (κ1) is 16.1.